The molecule has 0 aliphatic carbocycles. The Bertz CT molecular complexity index is 379. The Morgan fingerprint density at radius 1 is 1.56 bits per heavy atom. The molecular weight excluding hydrogens is 234 g/mol. The molecule has 0 saturated carbocycles. The van der Waals surface area contributed by atoms with Crippen LogP contribution < -0.4 is 5.73 Å². The molecule has 1 aromatic rings. The van der Waals surface area contributed by atoms with Crippen molar-refractivity contribution in [1.29, 1.82) is 0 Å². The van der Waals surface area contributed by atoms with Crippen LogP contribution in [-0.2, 0) is 11.3 Å². The van der Waals surface area contributed by atoms with E-state index in [9.17, 15) is 0 Å². The van der Waals surface area contributed by atoms with Gasteiger partial charge in [-0.2, -0.15) is 0 Å². The Morgan fingerprint density at radius 3 is 3.17 bits per heavy atom. The Morgan fingerprint density at radius 2 is 2.44 bits per heavy atom. The van der Waals surface area contributed by atoms with Gasteiger partial charge in [-0.05, 0) is 6.42 Å². The first-order valence-electron chi connectivity index (χ1n) is 6.06. The van der Waals surface area contributed by atoms with E-state index in [0.717, 1.165) is 26.1 Å². The summed E-state index contributed by atoms with van der Waals surface area (Å²) in [4.78, 5) is 6.27. The third-order valence-corrected chi connectivity index (χ3v) is 3.05. The molecule has 7 nitrogen and oxygen atoms in total. The second-order valence-corrected chi connectivity index (χ2v) is 4.34. The predicted octanol–water partition coefficient (Wildman–Crippen LogP) is -0.280. The highest BCUT2D eigenvalue weighted by atomic mass is 16.5. The minimum Gasteiger partial charge on any atom is -0.409 e. The molecule has 2 rings (SSSR count). The Kier molecular flexibility index (Phi) is 4.54. The SMILES string of the molecule is N/C(=N\O)C1CN(CCCn2ccnc2)CCO1. The van der Waals surface area contributed by atoms with Gasteiger partial charge in [0.2, 0.25) is 0 Å². The van der Waals surface area contributed by atoms with E-state index in [0.29, 0.717) is 13.2 Å². The molecule has 100 valence electrons. The van der Waals surface area contributed by atoms with Crippen LogP contribution in [0.3, 0.4) is 0 Å². The van der Waals surface area contributed by atoms with Gasteiger partial charge in [-0.25, -0.2) is 4.98 Å². The molecule has 1 unspecified atom stereocenters. The molecule has 1 atom stereocenters. The van der Waals surface area contributed by atoms with Crippen molar-refractivity contribution in [2.24, 2.45) is 10.9 Å². The quantitative estimate of drug-likeness (QED) is 0.326. The van der Waals surface area contributed by atoms with Crippen molar-refractivity contribution in [3.63, 3.8) is 0 Å². The summed E-state index contributed by atoms with van der Waals surface area (Å²) < 4.78 is 7.50. The maximum absolute atomic E-state index is 8.63. The molecule has 0 amide bonds. The predicted molar refractivity (Wildman–Crippen MR) is 66.4 cm³/mol. The van der Waals surface area contributed by atoms with E-state index in [4.69, 9.17) is 15.7 Å². The molecule has 3 N–H and O–H groups in total. The van der Waals surface area contributed by atoms with Crippen molar-refractivity contribution in [2.75, 3.05) is 26.2 Å². The highest BCUT2D eigenvalue weighted by Crippen LogP contribution is 2.06. The molecule has 1 aliphatic heterocycles. The van der Waals surface area contributed by atoms with Crippen LogP contribution >= 0.6 is 0 Å². The zero-order valence-corrected chi connectivity index (χ0v) is 10.3. The van der Waals surface area contributed by atoms with Crippen molar-refractivity contribution in [1.82, 2.24) is 14.5 Å². The van der Waals surface area contributed by atoms with Crippen LogP contribution in [0.25, 0.3) is 0 Å². The lowest BCUT2D eigenvalue weighted by molar-refractivity contribution is 0.00399. The van der Waals surface area contributed by atoms with Crippen LogP contribution in [0.15, 0.2) is 23.9 Å². The minimum absolute atomic E-state index is 0.148. The normalized spacial score (nSPS) is 22.2. The van der Waals surface area contributed by atoms with Gasteiger partial charge in [0.05, 0.1) is 12.9 Å². The number of nitrogens with zero attached hydrogens (tertiary/aromatic N) is 4. The molecule has 7 heteroatoms. The van der Waals surface area contributed by atoms with E-state index < -0.39 is 0 Å². The highest BCUT2D eigenvalue weighted by Gasteiger charge is 2.23. The number of morpholine rings is 1. The largest absolute Gasteiger partial charge is 0.409 e. The molecule has 1 aliphatic rings. The van der Waals surface area contributed by atoms with Crippen molar-refractivity contribution < 1.29 is 9.94 Å². The zero-order valence-electron chi connectivity index (χ0n) is 10.3. The van der Waals surface area contributed by atoms with Gasteiger partial charge in [-0.3, -0.25) is 4.90 Å². The number of hydrogen-bond donors (Lipinski definition) is 2. The summed E-state index contributed by atoms with van der Waals surface area (Å²) in [6.45, 7) is 4.10. The average molecular weight is 253 g/mol. The monoisotopic (exact) mass is 253 g/mol. The average Bonchev–Trinajstić information content (AvgIpc) is 2.91. The van der Waals surface area contributed by atoms with Crippen molar-refractivity contribution >= 4 is 5.84 Å². The summed E-state index contributed by atoms with van der Waals surface area (Å²) in [5.41, 5.74) is 5.55. The summed E-state index contributed by atoms with van der Waals surface area (Å²) in [5.74, 6) is 0.148. The van der Waals surface area contributed by atoms with Crippen molar-refractivity contribution in [3.8, 4) is 0 Å². The van der Waals surface area contributed by atoms with Gasteiger partial charge < -0.3 is 20.2 Å². The standard InChI is InChI=1S/C11H19N5O2/c12-11(14-17)10-8-15(6-7-18-10)3-1-4-16-5-2-13-9-16/h2,5,9-10,17H,1,3-4,6-8H2,(H2,12,14). The van der Waals surface area contributed by atoms with E-state index in [1.807, 2.05) is 12.5 Å². The fraction of sp³-hybridized carbons (Fsp3) is 0.636. The summed E-state index contributed by atoms with van der Waals surface area (Å²) in [6, 6.07) is 0. The second kappa shape index (κ2) is 6.36. The highest BCUT2D eigenvalue weighted by molar-refractivity contribution is 5.84. The number of oxime groups is 1. The summed E-state index contributed by atoms with van der Waals surface area (Å²) in [7, 11) is 0. The maximum atomic E-state index is 8.63. The number of hydrogen-bond acceptors (Lipinski definition) is 5. The number of amidine groups is 1. The van der Waals surface area contributed by atoms with Crippen LogP contribution in [0, 0.1) is 0 Å². The molecule has 18 heavy (non-hydrogen) atoms. The maximum Gasteiger partial charge on any atom is 0.169 e. The van der Waals surface area contributed by atoms with E-state index in [1.54, 1.807) is 6.20 Å². The smallest absolute Gasteiger partial charge is 0.169 e. The van der Waals surface area contributed by atoms with Gasteiger partial charge in [-0.1, -0.05) is 5.16 Å². The lowest BCUT2D eigenvalue weighted by Crippen LogP contribution is -2.48. The second-order valence-electron chi connectivity index (χ2n) is 4.34. The number of ether oxygens (including phenoxy) is 1. The van der Waals surface area contributed by atoms with Crippen LogP contribution in [0.5, 0.6) is 0 Å². The minimum atomic E-state index is -0.294. The molecule has 1 fully saturated rings. The first kappa shape index (κ1) is 12.8. The van der Waals surface area contributed by atoms with Gasteiger partial charge in [0.25, 0.3) is 0 Å². The van der Waals surface area contributed by atoms with Crippen molar-refractivity contribution in [3.05, 3.63) is 18.7 Å². The number of nitrogens with two attached hydrogens (primary N) is 1. The first-order valence-corrected chi connectivity index (χ1v) is 6.06. The third kappa shape index (κ3) is 3.44. The Balaban J connectivity index is 1.72. The van der Waals surface area contributed by atoms with E-state index in [1.165, 1.54) is 0 Å². The van der Waals surface area contributed by atoms with E-state index in [-0.39, 0.29) is 11.9 Å². The van der Waals surface area contributed by atoms with Crippen molar-refractivity contribution in [2.45, 2.75) is 19.1 Å². The zero-order chi connectivity index (χ0) is 12.8. The molecule has 0 spiro atoms. The number of aromatic nitrogens is 2. The van der Waals surface area contributed by atoms with Crippen LogP contribution in [0.1, 0.15) is 6.42 Å². The molecule has 0 bridgehead atoms. The van der Waals surface area contributed by atoms with Gasteiger partial charge in [0.1, 0.15) is 6.10 Å². The number of aryl methyl sites for hydroxylation is 1. The van der Waals surface area contributed by atoms with Crippen LogP contribution in [0.2, 0.25) is 0 Å². The fourth-order valence-electron chi connectivity index (χ4n) is 2.04. The fourth-order valence-corrected chi connectivity index (χ4v) is 2.04. The Hall–Kier alpha value is -1.60. The molecule has 1 aromatic heterocycles. The first-order chi connectivity index (χ1) is 8.79. The summed E-state index contributed by atoms with van der Waals surface area (Å²) in [5, 5.41) is 11.6. The van der Waals surface area contributed by atoms with Crippen LogP contribution in [-0.4, -0.2) is 57.8 Å². The van der Waals surface area contributed by atoms with Gasteiger partial charge in [0.15, 0.2) is 5.84 Å². The molecule has 2 heterocycles. The topological polar surface area (TPSA) is 88.9 Å². The summed E-state index contributed by atoms with van der Waals surface area (Å²) >= 11 is 0. The lowest BCUT2D eigenvalue weighted by atomic mass is 10.2. The van der Waals surface area contributed by atoms with Gasteiger partial charge in [-0.15, -0.1) is 0 Å². The van der Waals surface area contributed by atoms with Crippen LogP contribution in [0.4, 0.5) is 0 Å². The molecular formula is C11H19N5O2. The van der Waals surface area contributed by atoms with Gasteiger partial charge in [0, 0.05) is 38.6 Å². The summed E-state index contributed by atoms with van der Waals surface area (Å²) in [6.07, 6.45) is 6.30. The van der Waals surface area contributed by atoms with E-state index in [2.05, 4.69) is 19.6 Å². The lowest BCUT2D eigenvalue weighted by Gasteiger charge is -2.32. The Labute approximate surface area is 106 Å². The molecule has 1 saturated heterocycles. The number of rotatable bonds is 5. The van der Waals surface area contributed by atoms with Gasteiger partial charge >= 0.3 is 0 Å². The van der Waals surface area contributed by atoms with E-state index >= 15 is 0 Å². The third-order valence-electron chi connectivity index (χ3n) is 3.05. The molecule has 0 radical (unpaired) electrons. The molecule has 0 aromatic carbocycles. The number of imidazole rings is 1.